The lowest BCUT2D eigenvalue weighted by Gasteiger charge is -2.39. The van der Waals surface area contributed by atoms with E-state index in [9.17, 15) is 4.79 Å². The van der Waals surface area contributed by atoms with Crippen molar-refractivity contribution in [2.24, 2.45) is 5.41 Å². The van der Waals surface area contributed by atoms with Crippen LogP contribution in [-0.4, -0.2) is 16.9 Å². The highest BCUT2D eigenvalue weighted by Crippen LogP contribution is 2.44. The van der Waals surface area contributed by atoms with E-state index in [-0.39, 0.29) is 17.0 Å². The second-order valence-corrected chi connectivity index (χ2v) is 5.33. The third-order valence-electron chi connectivity index (χ3n) is 2.40. The van der Waals surface area contributed by atoms with Gasteiger partial charge in [0.2, 0.25) is 0 Å². The van der Waals surface area contributed by atoms with Crippen molar-refractivity contribution in [1.82, 2.24) is 0 Å². The van der Waals surface area contributed by atoms with Gasteiger partial charge in [-0.05, 0) is 33.6 Å². The summed E-state index contributed by atoms with van der Waals surface area (Å²) in [6.45, 7) is 5.72. The number of ether oxygens (including phenoxy) is 1. The SMILES string of the molecule is CC(C)(C)OC(=O)C1(CBr)CCC1. The normalized spacial score (nSPS) is 20.6. The standard InChI is InChI=1S/C10H17BrO2/c1-9(2,3)13-8(12)10(7-11)5-4-6-10/h4-7H2,1-3H3. The molecule has 0 aliphatic heterocycles. The minimum absolute atomic E-state index is 0.0388. The summed E-state index contributed by atoms with van der Waals surface area (Å²) in [7, 11) is 0. The summed E-state index contributed by atoms with van der Waals surface area (Å²) in [5.41, 5.74) is -0.574. The van der Waals surface area contributed by atoms with E-state index < -0.39 is 0 Å². The molecule has 1 aliphatic rings. The maximum Gasteiger partial charge on any atom is 0.313 e. The zero-order valence-corrected chi connectivity index (χ0v) is 10.1. The van der Waals surface area contributed by atoms with Gasteiger partial charge in [0.15, 0.2) is 0 Å². The molecule has 0 N–H and O–H groups in total. The molecular weight excluding hydrogens is 232 g/mol. The quantitative estimate of drug-likeness (QED) is 0.555. The molecule has 0 unspecified atom stereocenters. The van der Waals surface area contributed by atoms with Crippen molar-refractivity contribution in [3.05, 3.63) is 0 Å². The average molecular weight is 249 g/mol. The molecule has 3 heteroatoms. The maximum atomic E-state index is 11.7. The summed E-state index contributed by atoms with van der Waals surface area (Å²) >= 11 is 3.39. The van der Waals surface area contributed by atoms with Crippen LogP contribution < -0.4 is 0 Å². The smallest absolute Gasteiger partial charge is 0.313 e. The molecule has 1 saturated carbocycles. The molecule has 1 aliphatic carbocycles. The van der Waals surface area contributed by atoms with Crippen LogP contribution in [0.25, 0.3) is 0 Å². The van der Waals surface area contributed by atoms with Crippen LogP contribution >= 0.6 is 15.9 Å². The summed E-state index contributed by atoms with van der Waals surface area (Å²) < 4.78 is 5.37. The number of esters is 1. The van der Waals surface area contributed by atoms with Gasteiger partial charge in [-0.15, -0.1) is 0 Å². The van der Waals surface area contributed by atoms with Crippen LogP contribution in [0.15, 0.2) is 0 Å². The number of hydrogen-bond acceptors (Lipinski definition) is 2. The van der Waals surface area contributed by atoms with E-state index >= 15 is 0 Å². The highest BCUT2D eigenvalue weighted by Gasteiger charge is 2.45. The molecule has 0 aromatic heterocycles. The van der Waals surface area contributed by atoms with Crippen LogP contribution in [0.2, 0.25) is 0 Å². The lowest BCUT2D eigenvalue weighted by atomic mass is 9.70. The summed E-state index contributed by atoms with van der Waals surface area (Å²) in [5, 5.41) is 0.731. The molecule has 0 aromatic rings. The molecule has 13 heavy (non-hydrogen) atoms. The first-order valence-electron chi connectivity index (χ1n) is 4.69. The zero-order chi connectivity index (χ0) is 10.1. The Labute approximate surface area is 88.2 Å². The monoisotopic (exact) mass is 248 g/mol. The Kier molecular flexibility index (Phi) is 3.05. The van der Waals surface area contributed by atoms with Gasteiger partial charge in [0.05, 0.1) is 5.41 Å². The molecule has 76 valence electrons. The van der Waals surface area contributed by atoms with E-state index in [1.165, 1.54) is 0 Å². The maximum absolute atomic E-state index is 11.7. The van der Waals surface area contributed by atoms with Crippen LogP contribution in [0.5, 0.6) is 0 Å². The molecule has 0 atom stereocenters. The summed E-state index contributed by atoms with van der Waals surface area (Å²) in [5.74, 6) is -0.0388. The van der Waals surface area contributed by atoms with Crippen LogP contribution in [0.1, 0.15) is 40.0 Å². The zero-order valence-electron chi connectivity index (χ0n) is 8.52. The Bertz CT molecular complexity index is 196. The summed E-state index contributed by atoms with van der Waals surface area (Å²) in [6.07, 6.45) is 3.07. The topological polar surface area (TPSA) is 26.3 Å². The molecule has 0 amide bonds. The van der Waals surface area contributed by atoms with E-state index in [1.54, 1.807) is 0 Å². The Morgan fingerprint density at radius 1 is 1.46 bits per heavy atom. The Morgan fingerprint density at radius 2 is 2.00 bits per heavy atom. The first-order valence-corrected chi connectivity index (χ1v) is 5.81. The van der Waals surface area contributed by atoms with E-state index in [0.717, 1.165) is 24.6 Å². The van der Waals surface area contributed by atoms with Crippen LogP contribution in [0.3, 0.4) is 0 Å². The third-order valence-corrected chi connectivity index (χ3v) is 3.47. The minimum atomic E-state index is -0.359. The molecular formula is C10H17BrO2. The van der Waals surface area contributed by atoms with Gasteiger partial charge in [0, 0.05) is 5.33 Å². The molecule has 1 rings (SSSR count). The van der Waals surface area contributed by atoms with E-state index in [2.05, 4.69) is 15.9 Å². The fourth-order valence-electron chi connectivity index (χ4n) is 1.38. The van der Waals surface area contributed by atoms with Crippen molar-refractivity contribution in [2.75, 3.05) is 5.33 Å². The van der Waals surface area contributed by atoms with E-state index in [4.69, 9.17) is 4.74 Å². The van der Waals surface area contributed by atoms with Crippen molar-refractivity contribution in [2.45, 2.75) is 45.6 Å². The van der Waals surface area contributed by atoms with Crippen molar-refractivity contribution in [3.8, 4) is 0 Å². The highest BCUT2D eigenvalue weighted by molar-refractivity contribution is 9.09. The number of carbonyl (C=O) groups excluding carboxylic acids is 1. The lowest BCUT2D eigenvalue weighted by Crippen LogP contribution is -2.43. The Morgan fingerprint density at radius 3 is 2.23 bits per heavy atom. The number of hydrogen-bond donors (Lipinski definition) is 0. The second kappa shape index (κ2) is 3.60. The van der Waals surface area contributed by atoms with Gasteiger partial charge in [-0.3, -0.25) is 4.79 Å². The predicted molar refractivity (Wildman–Crippen MR) is 55.9 cm³/mol. The number of rotatable bonds is 2. The van der Waals surface area contributed by atoms with Crippen molar-refractivity contribution in [3.63, 3.8) is 0 Å². The van der Waals surface area contributed by atoms with Crippen molar-refractivity contribution < 1.29 is 9.53 Å². The predicted octanol–water partition coefficient (Wildman–Crippen LogP) is 2.89. The number of halogens is 1. The first-order chi connectivity index (χ1) is 5.90. The van der Waals surface area contributed by atoms with Crippen molar-refractivity contribution in [1.29, 1.82) is 0 Å². The summed E-state index contributed by atoms with van der Waals surface area (Å²) in [6, 6.07) is 0. The fraction of sp³-hybridized carbons (Fsp3) is 0.900. The van der Waals surface area contributed by atoms with Crippen LogP contribution in [-0.2, 0) is 9.53 Å². The average Bonchev–Trinajstić information content (AvgIpc) is 1.80. The largest absolute Gasteiger partial charge is 0.460 e. The van der Waals surface area contributed by atoms with Crippen molar-refractivity contribution >= 4 is 21.9 Å². The van der Waals surface area contributed by atoms with Crippen LogP contribution in [0, 0.1) is 5.41 Å². The van der Waals surface area contributed by atoms with Gasteiger partial charge in [-0.2, -0.15) is 0 Å². The van der Waals surface area contributed by atoms with Gasteiger partial charge in [-0.1, -0.05) is 22.4 Å². The lowest BCUT2D eigenvalue weighted by molar-refractivity contribution is -0.171. The van der Waals surface area contributed by atoms with Gasteiger partial charge in [-0.25, -0.2) is 0 Å². The first kappa shape index (κ1) is 11.0. The van der Waals surface area contributed by atoms with Crippen LogP contribution in [0.4, 0.5) is 0 Å². The van der Waals surface area contributed by atoms with Gasteiger partial charge >= 0.3 is 5.97 Å². The molecule has 0 radical (unpaired) electrons. The van der Waals surface area contributed by atoms with Gasteiger partial charge < -0.3 is 4.74 Å². The molecule has 0 bridgehead atoms. The Hall–Kier alpha value is -0.0500. The molecule has 0 aromatic carbocycles. The van der Waals surface area contributed by atoms with Gasteiger partial charge in [0.1, 0.15) is 5.60 Å². The Balaban J connectivity index is 2.56. The number of carbonyl (C=O) groups is 1. The molecule has 1 fully saturated rings. The second-order valence-electron chi connectivity index (χ2n) is 4.77. The molecule has 0 spiro atoms. The highest BCUT2D eigenvalue weighted by atomic mass is 79.9. The summed E-state index contributed by atoms with van der Waals surface area (Å²) in [4.78, 5) is 11.7. The number of alkyl halides is 1. The molecule has 2 nitrogen and oxygen atoms in total. The van der Waals surface area contributed by atoms with E-state index in [1.807, 2.05) is 20.8 Å². The minimum Gasteiger partial charge on any atom is -0.460 e. The fourth-order valence-corrected chi connectivity index (χ4v) is 2.17. The molecule has 0 heterocycles. The molecule has 0 saturated heterocycles. The van der Waals surface area contributed by atoms with Gasteiger partial charge in [0.25, 0.3) is 0 Å². The van der Waals surface area contributed by atoms with E-state index in [0.29, 0.717) is 0 Å². The third kappa shape index (κ3) is 2.46.